The summed E-state index contributed by atoms with van der Waals surface area (Å²) in [5.74, 6) is 5.81. The van der Waals surface area contributed by atoms with Crippen molar-refractivity contribution in [1.82, 2.24) is 0 Å². The van der Waals surface area contributed by atoms with E-state index in [1.807, 2.05) is 19.4 Å². The van der Waals surface area contributed by atoms with Gasteiger partial charge < -0.3 is 0 Å². The quantitative estimate of drug-likeness (QED) is 0.419. The highest BCUT2D eigenvalue weighted by Gasteiger charge is 2.32. The minimum Gasteiger partial charge on any atom is -0.0822 e. The molecule has 0 N–H and O–H groups in total. The van der Waals surface area contributed by atoms with Gasteiger partial charge in [0.05, 0.1) is 0 Å². The van der Waals surface area contributed by atoms with Gasteiger partial charge in [0.1, 0.15) is 0 Å². The molecule has 0 saturated heterocycles. The molecule has 0 bridgehead atoms. The first kappa shape index (κ1) is 24.8. The van der Waals surface area contributed by atoms with Crippen LogP contribution in [0.2, 0.25) is 0 Å². The van der Waals surface area contributed by atoms with Gasteiger partial charge in [-0.3, -0.25) is 0 Å². The van der Waals surface area contributed by atoms with Gasteiger partial charge in [0, 0.05) is 0 Å². The normalized spacial score (nSPS) is 34.7. The molecule has 2 saturated carbocycles. The third-order valence-corrected chi connectivity index (χ3v) is 7.88. The Kier molecular flexibility index (Phi) is 12.0. The smallest absolute Gasteiger partial charge is 0.0231 e. The zero-order chi connectivity index (χ0) is 18.9. The monoisotopic (exact) mass is 376 g/mol. The number of hydrogen-bond donors (Lipinski definition) is 0. The maximum Gasteiger partial charge on any atom is -0.0231 e. The Morgan fingerprint density at radius 1 is 0.815 bits per heavy atom. The Morgan fingerprint density at radius 3 is 2.22 bits per heavy atom. The molecule has 3 aliphatic carbocycles. The van der Waals surface area contributed by atoms with E-state index in [-0.39, 0.29) is 7.43 Å². The zero-order valence-electron chi connectivity index (χ0n) is 18.7. The highest BCUT2D eigenvalue weighted by atomic mass is 14.4. The average Bonchev–Trinajstić information content (AvgIpc) is 2.66. The van der Waals surface area contributed by atoms with E-state index in [0.29, 0.717) is 0 Å². The maximum absolute atomic E-state index is 2.64. The Balaban J connectivity index is 0.00000118. The van der Waals surface area contributed by atoms with Crippen molar-refractivity contribution < 1.29 is 0 Å². The predicted octanol–water partition coefficient (Wildman–Crippen LogP) is 9.44. The van der Waals surface area contributed by atoms with Crippen molar-refractivity contribution in [2.24, 2.45) is 35.5 Å². The van der Waals surface area contributed by atoms with Gasteiger partial charge in [0.2, 0.25) is 0 Å². The molecule has 3 unspecified atom stereocenters. The second-order valence-electron chi connectivity index (χ2n) is 9.81. The second-order valence-corrected chi connectivity index (χ2v) is 9.81. The fourth-order valence-corrected chi connectivity index (χ4v) is 6.23. The fraction of sp³-hybridized carbons (Fsp3) is 0.926. The molecule has 0 spiro atoms. The van der Waals surface area contributed by atoms with Gasteiger partial charge >= 0.3 is 0 Å². The molecule has 0 aromatic rings. The van der Waals surface area contributed by atoms with E-state index < -0.39 is 0 Å². The van der Waals surface area contributed by atoms with E-state index in [9.17, 15) is 0 Å². The van der Waals surface area contributed by atoms with Crippen LogP contribution < -0.4 is 0 Å². The van der Waals surface area contributed by atoms with Gasteiger partial charge in [-0.2, -0.15) is 0 Å². The molecule has 3 aliphatic rings. The molecule has 5 atom stereocenters. The first-order chi connectivity index (χ1) is 12.6. The van der Waals surface area contributed by atoms with Gasteiger partial charge in [0.25, 0.3) is 0 Å². The topological polar surface area (TPSA) is 0 Å². The Bertz CT molecular complexity index is 400. The Hall–Kier alpha value is -0.260. The lowest BCUT2D eigenvalue weighted by Crippen LogP contribution is -2.29. The van der Waals surface area contributed by atoms with Crippen molar-refractivity contribution in [2.75, 3.05) is 0 Å². The van der Waals surface area contributed by atoms with Crippen LogP contribution in [-0.2, 0) is 0 Å². The van der Waals surface area contributed by atoms with Crippen LogP contribution in [0.1, 0.15) is 126 Å². The van der Waals surface area contributed by atoms with Gasteiger partial charge in [-0.25, -0.2) is 0 Å². The molecular weight excluding hydrogens is 324 g/mol. The molecule has 0 aromatic carbocycles. The van der Waals surface area contributed by atoms with Crippen LogP contribution in [0.25, 0.3) is 0 Å². The third kappa shape index (κ3) is 7.58. The molecule has 0 heterocycles. The number of allylic oxidation sites excluding steroid dienone is 2. The molecule has 0 heteroatoms. The molecular formula is C27H52. The SMILES string of the molecule is C.CC.CC1C=C(CC[C@H]2C(C)CCCC2CC2CCCCC2)[C@@H](C)CC1. The zero-order valence-corrected chi connectivity index (χ0v) is 18.7. The second kappa shape index (κ2) is 13.1. The summed E-state index contributed by atoms with van der Waals surface area (Å²) in [7, 11) is 0. The molecule has 0 radical (unpaired) electrons. The van der Waals surface area contributed by atoms with Crippen molar-refractivity contribution in [3.63, 3.8) is 0 Å². The van der Waals surface area contributed by atoms with Crippen molar-refractivity contribution in [3.8, 4) is 0 Å². The van der Waals surface area contributed by atoms with Crippen LogP contribution in [0.3, 0.4) is 0 Å². The van der Waals surface area contributed by atoms with Crippen LogP contribution in [0, 0.1) is 35.5 Å². The standard InChI is InChI=1S/C24H42.C2H6.CH4/c1-18-12-13-19(2)22(16-18)14-15-24-20(3)8-7-11-23(24)17-21-9-5-4-6-10-21;1-2;/h16,18-21,23-24H,4-15,17H2,1-3H3;1-2H3;1H4/t18?,19-,20?,23?,24-;;/m0../s1. The van der Waals surface area contributed by atoms with Gasteiger partial charge in [0.15, 0.2) is 0 Å². The van der Waals surface area contributed by atoms with Gasteiger partial charge in [-0.1, -0.05) is 105 Å². The van der Waals surface area contributed by atoms with Crippen LogP contribution in [-0.4, -0.2) is 0 Å². The molecule has 0 aliphatic heterocycles. The van der Waals surface area contributed by atoms with Gasteiger partial charge in [-0.05, 0) is 67.6 Å². The average molecular weight is 377 g/mol. The van der Waals surface area contributed by atoms with Crippen LogP contribution in [0.15, 0.2) is 11.6 Å². The van der Waals surface area contributed by atoms with E-state index in [1.54, 1.807) is 6.42 Å². The highest BCUT2D eigenvalue weighted by molar-refractivity contribution is 5.11. The highest BCUT2D eigenvalue weighted by Crippen LogP contribution is 2.44. The van der Waals surface area contributed by atoms with E-state index in [2.05, 4.69) is 26.8 Å². The van der Waals surface area contributed by atoms with E-state index in [4.69, 9.17) is 0 Å². The summed E-state index contributed by atoms with van der Waals surface area (Å²) in [6, 6.07) is 0. The predicted molar refractivity (Wildman–Crippen MR) is 124 cm³/mol. The molecule has 0 nitrogen and oxygen atoms in total. The van der Waals surface area contributed by atoms with Crippen LogP contribution in [0.5, 0.6) is 0 Å². The first-order valence-corrected chi connectivity index (χ1v) is 12.3. The summed E-state index contributed by atoms with van der Waals surface area (Å²) >= 11 is 0. The molecule has 0 amide bonds. The maximum atomic E-state index is 2.64. The van der Waals surface area contributed by atoms with Crippen molar-refractivity contribution in [3.05, 3.63) is 11.6 Å². The molecule has 160 valence electrons. The summed E-state index contributed by atoms with van der Waals surface area (Å²) in [5, 5.41) is 0. The Morgan fingerprint density at radius 2 is 1.52 bits per heavy atom. The summed E-state index contributed by atoms with van der Waals surface area (Å²) in [6.45, 7) is 11.5. The first-order valence-electron chi connectivity index (χ1n) is 12.3. The van der Waals surface area contributed by atoms with E-state index in [0.717, 1.165) is 35.5 Å². The summed E-state index contributed by atoms with van der Waals surface area (Å²) in [6.07, 6.45) is 22.1. The minimum atomic E-state index is 0. The number of hydrogen-bond acceptors (Lipinski definition) is 0. The van der Waals surface area contributed by atoms with E-state index in [1.165, 1.54) is 77.0 Å². The van der Waals surface area contributed by atoms with Crippen LogP contribution >= 0.6 is 0 Å². The fourth-order valence-electron chi connectivity index (χ4n) is 6.23. The lowest BCUT2D eigenvalue weighted by Gasteiger charge is -2.40. The third-order valence-electron chi connectivity index (χ3n) is 7.88. The molecule has 27 heavy (non-hydrogen) atoms. The lowest BCUT2D eigenvalue weighted by molar-refractivity contribution is 0.119. The van der Waals surface area contributed by atoms with Crippen LogP contribution in [0.4, 0.5) is 0 Å². The number of rotatable bonds is 5. The lowest BCUT2D eigenvalue weighted by atomic mass is 9.66. The summed E-state index contributed by atoms with van der Waals surface area (Å²) in [5.41, 5.74) is 1.81. The van der Waals surface area contributed by atoms with Crippen molar-refractivity contribution in [2.45, 2.75) is 126 Å². The summed E-state index contributed by atoms with van der Waals surface area (Å²) < 4.78 is 0. The molecule has 0 aromatic heterocycles. The molecule has 3 rings (SSSR count). The molecule has 2 fully saturated rings. The summed E-state index contributed by atoms with van der Waals surface area (Å²) in [4.78, 5) is 0. The van der Waals surface area contributed by atoms with Crippen molar-refractivity contribution in [1.29, 1.82) is 0 Å². The minimum absolute atomic E-state index is 0. The van der Waals surface area contributed by atoms with E-state index >= 15 is 0 Å². The Labute approximate surface area is 173 Å². The van der Waals surface area contributed by atoms with Gasteiger partial charge in [-0.15, -0.1) is 0 Å². The largest absolute Gasteiger partial charge is 0.0822 e. The van der Waals surface area contributed by atoms with Crippen molar-refractivity contribution >= 4 is 0 Å².